The van der Waals surface area contributed by atoms with Gasteiger partial charge in [0.1, 0.15) is 10.7 Å². The van der Waals surface area contributed by atoms with Crippen LogP contribution in [0.4, 0.5) is 0 Å². The van der Waals surface area contributed by atoms with Crippen LogP contribution in [0.1, 0.15) is 28.9 Å². The fourth-order valence-corrected chi connectivity index (χ4v) is 2.75. The van der Waals surface area contributed by atoms with Crippen LogP contribution in [0.3, 0.4) is 0 Å². The summed E-state index contributed by atoms with van der Waals surface area (Å²) in [6.07, 6.45) is 4.32. The number of amides is 1. The zero-order chi connectivity index (χ0) is 14.8. The second-order valence-corrected chi connectivity index (χ2v) is 6.27. The molecule has 1 amide bonds. The molecule has 2 aliphatic rings. The summed E-state index contributed by atoms with van der Waals surface area (Å²) in [6, 6.07) is 3.46. The first-order chi connectivity index (χ1) is 10.1. The molecule has 1 saturated carbocycles. The zero-order valence-corrected chi connectivity index (χ0v) is 12.8. The summed E-state index contributed by atoms with van der Waals surface area (Å²) in [7, 11) is 0. The standard InChI is InChI=1S/C15H20N4OS/c16-14(21)12-3-4-13(17-9-12)15(20)19-7-5-18(6-8-19)10-11-1-2-11/h3-4,9,11H,1-2,5-8,10H2,(H2,16,21). The van der Waals surface area contributed by atoms with Crippen LogP contribution in [0.25, 0.3) is 0 Å². The number of thiocarbonyl (C=S) groups is 1. The van der Waals surface area contributed by atoms with E-state index >= 15 is 0 Å². The van der Waals surface area contributed by atoms with Crippen LogP contribution < -0.4 is 5.73 Å². The molecule has 0 unspecified atom stereocenters. The Hall–Kier alpha value is -1.53. The Balaban J connectivity index is 1.56. The molecular weight excluding hydrogens is 284 g/mol. The van der Waals surface area contributed by atoms with Crippen LogP contribution in [0.5, 0.6) is 0 Å². The lowest BCUT2D eigenvalue weighted by Crippen LogP contribution is -2.49. The number of piperazine rings is 1. The average Bonchev–Trinajstić information content (AvgIpc) is 3.31. The predicted molar refractivity (Wildman–Crippen MR) is 85.2 cm³/mol. The van der Waals surface area contributed by atoms with E-state index in [-0.39, 0.29) is 5.91 Å². The van der Waals surface area contributed by atoms with Gasteiger partial charge in [0.05, 0.1) is 0 Å². The first-order valence-corrected chi connectivity index (χ1v) is 7.82. The van der Waals surface area contributed by atoms with Crippen LogP contribution in [-0.4, -0.2) is 58.4 Å². The quantitative estimate of drug-likeness (QED) is 0.837. The van der Waals surface area contributed by atoms with Crippen LogP contribution in [0.2, 0.25) is 0 Å². The van der Waals surface area contributed by atoms with E-state index < -0.39 is 0 Å². The number of rotatable bonds is 4. The van der Waals surface area contributed by atoms with Gasteiger partial charge in [0.15, 0.2) is 0 Å². The second kappa shape index (κ2) is 6.07. The molecule has 2 fully saturated rings. The summed E-state index contributed by atoms with van der Waals surface area (Å²) >= 11 is 4.89. The molecule has 1 aromatic rings. The molecule has 0 radical (unpaired) electrons. The van der Waals surface area contributed by atoms with Crippen LogP contribution in [0.15, 0.2) is 18.3 Å². The Labute approximate surface area is 130 Å². The molecule has 2 N–H and O–H groups in total. The molecule has 21 heavy (non-hydrogen) atoms. The number of aromatic nitrogens is 1. The van der Waals surface area contributed by atoms with Gasteiger partial charge < -0.3 is 10.6 Å². The van der Waals surface area contributed by atoms with Gasteiger partial charge in [-0.1, -0.05) is 12.2 Å². The number of nitrogens with zero attached hydrogens (tertiary/aromatic N) is 3. The Bertz CT molecular complexity index is 533. The molecule has 1 aliphatic carbocycles. The van der Waals surface area contributed by atoms with E-state index in [4.69, 9.17) is 18.0 Å². The Kier molecular flexibility index (Phi) is 4.17. The van der Waals surface area contributed by atoms with E-state index in [1.54, 1.807) is 18.3 Å². The van der Waals surface area contributed by atoms with Crippen molar-refractivity contribution in [2.24, 2.45) is 11.7 Å². The van der Waals surface area contributed by atoms with Crippen LogP contribution in [-0.2, 0) is 0 Å². The van der Waals surface area contributed by atoms with Crippen molar-refractivity contribution in [2.45, 2.75) is 12.8 Å². The molecule has 1 aromatic heterocycles. The van der Waals surface area contributed by atoms with Gasteiger partial charge in [0.2, 0.25) is 0 Å². The molecule has 5 nitrogen and oxygen atoms in total. The summed E-state index contributed by atoms with van der Waals surface area (Å²) in [5.74, 6) is 0.900. The minimum atomic E-state index is -0.00411. The van der Waals surface area contributed by atoms with Gasteiger partial charge in [0.25, 0.3) is 5.91 Å². The monoisotopic (exact) mass is 304 g/mol. The lowest BCUT2D eigenvalue weighted by Gasteiger charge is -2.34. The second-order valence-electron chi connectivity index (χ2n) is 5.83. The van der Waals surface area contributed by atoms with Gasteiger partial charge in [-0.05, 0) is 30.9 Å². The predicted octanol–water partition coefficient (Wildman–Crippen LogP) is 0.884. The molecule has 0 spiro atoms. The van der Waals surface area contributed by atoms with E-state index in [1.165, 1.54) is 19.4 Å². The summed E-state index contributed by atoms with van der Waals surface area (Å²) in [5.41, 5.74) is 6.69. The Morgan fingerprint density at radius 2 is 2.00 bits per heavy atom. The van der Waals surface area contributed by atoms with Crippen LogP contribution >= 0.6 is 12.2 Å². The van der Waals surface area contributed by atoms with Crippen molar-refractivity contribution >= 4 is 23.1 Å². The largest absolute Gasteiger partial charge is 0.389 e. The topological polar surface area (TPSA) is 62.5 Å². The number of carbonyl (C=O) groups excluding carboxylic acids is 1. The van der Waals surface area contributed by atoms with Gasteiger partial charge in [0, 0.05) is 44.5 Å². The normalized spacial score (nSPS) is 19.5. The van der Waals surface area contributed by atoms with Crippen molar-refractivity contribution < 1.29 is 4.79 Å². The molecule has 1 aliphatic heterocycles. The van der Waals surface area contributed by atoms with Crippen molar-refractivity contribution in [3.8, 4) is 0 Å². The number of pyridine rings is 1. The van der Waals surface area contributed by atoms with E-state index in [2.05, 4.69) is 9.88 Å². The molecular formula is C15H20N4OS. The maximum atomic E-state index is 12.4. The van der Waals surface area contributed by atoms with E-state index in [0.717, 1.165) is 32.1 Å². The molecule has 0 atom stereocenters. The number of hydrogen-bond donors (Lipinski definition) is 1. The van der Waals surface area contributed by atoms with Crippen molar-refractivity contribution in [1.29, 1.82) is 0 Å². The summed E-state index contributed by atoms with van der Waals surface area (Å²) in [4.78, 5) is 21.2. The lowest BCUT2D eigenvalue weighted by atomic mass is 10.2. The van der Waals surface area contributed by atoms with Gasteiger partial charge in [-0.3, -0.25) is 14.7 Å². The maximum absolute atomic E-state index is 12.4. The highest BCUT2D eigenvalue weighted by Gasteiger charge is 2.28. The summed E-state index contributed by atoms with van der Waals surface area (Å²) in [5, 5.41) is 0. The van der Waals surface area contributed by atoms with E-state index in [0.29, 0.717) is 16.2 Å². The first-order valence-electron chi connectivity index (χ1n) is 7.41. The molecule has 6 heteroatoms. The molecule has 1 saturated heterocycles. The molecule has 112 valence electrons. The van der Waals surface area contributed by atoms with Gasteiger partial charge in [-0.15, -0.1) is 0 Å². The number of nitrogens with two attached hydrogens (primary N) is 1. The maximum Gasteiger partial charge on any atom is 0.272 e. The van der Waals surface area contributed by atoms with Gasteiger partial charge in [-0.25, -0.2) is 0 Å². The van der Waals surface area contributed by atoms with Crippen molar-refractivity contribution in [1.82, 2.24) is 14.8 Å². The third kappa shape index (κ3) is 3.57. The smallest absolute Gasteiger partial charge is 0.272 e. The molecule has 2 heterocycles. The number of carbonyl (C=O) groups is 1. The summed E-state index contributed by atoms with van der Waals surface area (Å²) in [6.45, 7) is 4.69. The minimum absolute atomic E-state index is 0.00411. The molecule has 0 bridgehead atoms. The van der Waals surface area contributed by atoms with E-state index in [9.17, 15) is 4.79 Å². The first kappa shape index (κ1) is 14.4. The lowest BCUT2D eigenvalue weighted by molar-refractivity contribution is 0.0626. The fourth-order valence-electron chi connectivity index (χ4n) is 2.63. The highest BCUT2D eigenvalue weighted by molar-refractivity contribution is 7.80. The minimum Gasteiger partial charge on any atom is -0.389 e. The summed E-state index contributed by atoms with van der Waals surface area (Å²) < 4.78 is 0. The van der Waals surface area contributed by atoms with Crippen molar-refractivity contribution in [3.05, 3.63) is 29.6 Å². The highest BCUT2D eigenvalue weighted by atomic mass is 32.1. The third-order valence-corrected chi connectivity index (χ3v) is 4.38. The Morgan fingerprint density at radius 3 is 2.52 bits per heavy atom. The molecule has 3 rings (SSSR count). The Morgan fingerprint density at radius 1 is 1.29 bits per heavy atom. The zero-order valence-electron chi connectivity index (χ0n) is 12.0. The van der Waals surface area contributed by atoms with Gasteiger partial charge in [-0.2, -0.15) is 0 Å². The fraction of sp³-hybridized carbons (Fsp3) is 0.533. The average molecular weight is 304 g/mol. The third-order valence-electron chi connectivity index (χ3n) is 4.14. The SMILES string of the molecule is NC(=S)c1ccc(C(=O)N2CCN(CC3CC3)CC2)nc1. The van der Waals surface area contributed by atoms with Crippen molar-refractivity contribution in [3.63, 3.8) is 0 Å². The van der Waals surface area contributed by atoms with Gasteiger partial charge >= 0.3 is 0 Å². The van der Waals surface area contributed by atoms with Crippen LogP contribution in [0, 0.1) is 5.92 Å². The highest BCUT2D eigenvalue weighted by Crippen LogP contribution is 2.29. The van der Waals surface area contributed by atoms with Crippen molar-refractivity contribution in [2.75, 3.05) is 32.7 Å². The number of hydrogen-bond acceptors (Lipinski definition) is 4. The molecule has 0 aromatic carbocycles. The van der Waals surface area contributed by atoms with E-state index in [1.807, 2.05) is 4.90 Å².